The second-order valence-corrected chi connectivity index (χ2v) is 13.8. The van der Waals surface area contributed by atoms with Crippen LogP contribution in [0.5, 0.6) is 0 Å². The average Bonchev–Trinajstić information content (AvgIpc) is 3.55. The molecule has 0 unspecified atom stereocenters. The van der Waals surface area contributed by atoms with Crippen LogP contribution in [0.1, 0.15) is 206 Å². The largest absolute Gasteiger partial charge is 0.354 e. The average molecular weight is 629 g/mol. The Hall–Kier alpha value is -1.58. The van der Waals surface area contributed by atoms with Crippen LogP contribution in [-0.4, -0.2) is 35.8 Å². The predicted octanol–water partition coefficient (Wildman–Crippen LogP) is 12.2. The maximum atomic E-state index is 12.9. The molecule has 262 valence electrons. The lowest BCUT2D eigenvalue weighted by atomic mass is 10.0. The minimum Gasteiger partial charge on any atom is -0.354 e. The number of allylic oxidation sites excluding steroid dienone is 3. The number of hydrogen-bond donors (Lipinski definition) is 1. The van der Waals surface area contributed by atoms with E-state index in [9.17, 15) is 9.59 Å². The first kappa shape index (κ1) is 41.4. The molecule has 0 radical (unpaired) electrons. The van der Waals surface area contributed by atoms with E-state index in [1.165, 1.54) is 148 Å². The van der Waals surface area contributed by atoms with Gasteiger partial charge in [0.2, 0.25) is 11.8 Å². The predicted molar refractivity (Wildman–Crippen MR) is 197 cm³/mol. The molecule has 0 spiro atoms. The van der Waals surface area contributed by atoms with Gasteiger partial charge in [0, 0.05) is 19.5 Å². The summed E-state index contributed by atoms with van der Waals surface area (Å²) in [5, 5.41) is 3.09. The summed E-state index contributed by atoms with van der Waals surface area (Å²) in [6, 6.07) is -0.255. The molecule has 45 heavy (non-hydrogen) atoms. The molecule has 0 aromatic carbocycles. The molecule has 1 aliphatic rings. The van der Waals surface area contributed by atoms with Crippen molar-refractivity contribution in [2.24, 2.45) is 0 Å². The molecule has 1 saturated heterocycles. The van der Waals surface area contributed by atoms with Gasteiger partial charge in [-0.3, -0.25) is 9.59 Å². The minimum absolute atomic E-state index is 0.0446. The van der Waals surface area contributed by atoms with E-state index in [0.29, 0.717) is 13.0 Å². The van der Waals surface area contributed by atoms with Gasteiger partial charge in [-0.1, -0.05) is 167 Å². The number of carbonyl (C=O) groups excluding carboxylic acids is 2. The Bertz CT molecular complexity index is 731. The molecular formula is C41H76N2O2. The summed E-state index contributed by atoms with van der Waals surface area (Å²) in [6.07, 6.45) is 46.7. The number of amides is 2. The zero-order valence-electron chi connectivity index (χ0n) is 30.3. The monoisotopic (exact) mass is 629 g/mol. The van der Waals surface area contributed by atoms with Crippen molar-refractivity contribution in [1.29, 1.82) is 0 Å². The van der Waals surface area contributed by atoms with Crippen LogP contribution >= 0.6 is 0 Å². The minimum atomic E-state index is -0.255. The van der Waals surface area contributed by atoms with E-state index in [2.05, 4.69) is 43.5 Å². The topological polar surface area (TPSA) is 49.4 Å². The highest BCUT2D eigenvalue weighted by Crippen LogP contribution is 2.20. The molecule has 1 aliphatic heterocycles. The molecule has 4 heteroatoms. The van der Waals surface area contributed by atoms with Crippen molar-refractivity contribution < 1.29 is 9.59 Å². The van der Waals surface area contributed by atoms with E-state index in [4.69, 9.17) is 0 Å². The van der Waals surface area contributed by atoms with E-state index in [0.717, 1.165) is 45.1 Å². The highest BCUT2D eigenvalue weighted by molar-refractivity contribution is 5.88. The standard InChI is InChI=1S/C41H76N2O2/c1-3-5-7-9-11-13-15-17-19-21-23-25-27-29-31-33-37-42-41(45)39-35-34-38-43(39)40(44)36-32-30-28-26-24-22-20-18-16-14-12-10-8-6-4-2/h8,10,29,31,39H,3-7,9,11-28,30,32-38H2,1-2H3,(H,42,45)/b10-8-,31-29+/t39-/m0/s1. The summed E-state index contributed by atoms with van der Waals surface area (Å²) in [4.78, 5) is 27.5. The molecule has 0 aromatic rings. The fourth-order valence-electron chi connectivity index (χ4n) is 6.57. The summed E-state index contributed by atoms with van der Waals surface area (Å²) in [6.45, 7) is 5.93. The third-order valence-electron chi connectivity index (χ3n) is 9.51. The second kappa shape index (κ2) is 32.4. The maximum Gasteiger partial charge on any atom is 0.242 e. The lowest BCUT2D eigenvalue weighted by Crippen LogP contribution is -2.46. The smallest absolute Gasteiger partial charge is 0.242 e. The Morgan fingerprint density at radius 3 is 1.51 bits per heavy atom. The van der Waals surface area contributed by atoms with Gasteiger partial charge in [0.1, 0.15) is 6.04 Å². The molecule has 0 saturated carbocycles. The number of unbranched alkanes of at least 4 members (excludes halogenated alkanes) is 23. The van der Waals surface area contributed by atoms with Crippen LogP contribution in [0.25, 0.3) is 0 Å². The fraction of sp³-hybridized carbons (Fsp3) is 0.854. The molecule has 0 aliphatic carbocycles. The summed E-state index contributed by atoms with van der Waals surface area (Å²) in [5.41, 5.74) is 0. The van der Waals surface area contributed by atoms with Crippen LogP contribution in [0.15, 0.2) is 24.3 Å². The van der Waals surface area contributed by atoms with Crippen molar-refractivity contribution in [3.05, 3.63) is 24.3 Å². The summed E-state index contributed by atoms with van der Waals surface area (Å²) in [5.74, 6) is 0.225. The lowest BCUT2D eigenvalue weighted by Gasteiger charge is -2.24. The molecule has 1 fully saturated rings. The van der Waals surface area contributed by atoms with E-state index < -0.39 is 0 Å². The maximum absolute atomic E-state index is 12.9. The van der Waals surface area contributed by atoms with Gasteiger partial charge in [0.15, 0.2) is 0 Å². The highest BCUT2D eigenvalue weighted by Gasteiger charge is 2.33. The first-order valence-electron chi connectivity index (χ1n) is 20.1. The first-order chi connectivity index (χ1) is 22.2. The molecule has 1 rings (SSSR count). The Kier molecular flexibility index (Phi) is 29.8. The third-order valence-corrected chi connectivity index (χ3v) is 9.51. The third kappa shape index (κ3) is 25.2. The zero-order valence-corrected chi connectivity index (χ0v) is 30.3. The van der Waals surface area contributed by atoms with E-state index in [1.807, 2.05) is 4.90 Å². The van der Waals surface area contributed by atoms with E-state index in [-0.39, 0.29) is 17.9 Å². The van der Waals surface area contributed by atoms with Gasteiger partial charge in [-0.05, 0) is 57.8 Å². The van der Waals surface area contributed by atoms with Crippen molar-refractivity contribution in [3.8, 4) is 0 Å². The van der Waals surface area contributed by atoms with Gasteiger partial charge in [0.25, 0.3) is 0 Å². The molecule has 4 nitrogen and oxygen atoms in total. The van der Waals surface area contributed by atoms with Crippen molar-refractivity contribution in [3.63, 3.8) is 0 Å². The van der Waals surface area contributed by atoms with Crippen molar-refractivity contribution in [2.45, 2.75) is 213 Å². The molecule has 0 bridgehead atoms. The van der Waals surface area contributed by atoms with Gasteiger partial charge >= 0.3 is 0 Å². The first-order valence-corrected chi connectivity index (χ1v) is 20.1. The van der Waals surface area contributed by atoms with Crippen LogP contribution in [0.4, 0.5) is 0 Å². The summed E-state index contributed by atoms with van der Waals surface area (Å²) < 4.78 is 0. The fourth-order valence-corrected chi connectivity index (χ4v) is 6.57. The lowest BCUT2D eigenvalue weighted by molar-refractivity contribution is -0.138. The van der Waals surface area contributed by atoms with Crippen LogP contribution in [0, 0.1) is 0 Å². The SMILES string of the molecule is CCC/C=C\CCCCCCCCCCCCC(=O)N1CCC[C@H]1C(=O)NCC/C=C/CCCCCCCCCCCCCC. The van der Waals surface area contributed by atoms with E-state index in [1.54, 1.807) is 0 Å². The number of likely N-dealkylation sites (tertiary alicyclic amines) is 1. The van der Waals surface area contributed by atoms with Gasteiger partial charge in [0.05, 0.1) is 0 Å². The summed E-state index contributed by atoms with van der Waals surface area (Å²) >= 11 is 0. The Morgan fingerprint density at radius 1 is 0.556 bits per heavy atom. The summed E-state index contributed by atoms with van der Waals surface area (Å²) in [7, 11) is 0. The molecule has 1 N–H and O–H groups in total. The molecule has 1 heterocycles. The van der Waals surface area contributed by atoms with Gasteiger partial charge in [-0.15, -0.1) is 0 Å². The zero-order chi connectivity index (χ0) is 32.5. The van der Waals surface area contributed by atoms with Gasteiger partial charge in [-0.2, -0.15) is 0 Å². The Morgan fingerprint density at radius 2 is 1.00 bits per heavy atom. The van der Waals surface area contributed by atoms with Gasteiger partial charge < -0.3 is 10.2 Å². The van der Waals surface area contributed by atoms with Crippen LogP contribution in [-0.2, 0) is 9.59 Å². The van der Waals surface area contributed by atoms with Crippen LogP contribution < -0.4 is 5.32 Å². The number of hydrogen-bond acceptors (Lipinski definition) is 2. The molecular weight excluding hydrogens is 552 g/mol. The van der Waals surface area contributed by atoms with Crippen molar-refractivity contribution in [2.75, 3.05) is 13.1 Å². The molecule has 2 amide bonds. The second-order valence-electron chi connectivity index (χ2n) is 13.8. The Labute approximate surface area is 281 Å². The van der Waals surface area contributed by atoms with Crippen molar-refractivity contribution >= 4 is 11.8 Å². The number of rotatable bonds is 32. The quantitative estimate of drug-likeness (QED) is 0.0595. The molecule has 1 atom stereocenters. The van der Waals surface area contributed by atoms with Crippen LogP contribution in [0.2, 0.25) is 0 Å². The number of nitrogens with one attached hydrogen (secondary N) is 1. The van der Waals surface area contributed by atoms with Crippen molar-refractivity contribution in [1.82, 2.24) is 10.2 Å². The Balaban J connectivity index is 1.95. The number of carbonyl (C=O) groups is 2. The number of nitrogens with zero attached hydrogens (tertiary/aromatic N) is 1. The highest BCUT2D eigenvalue weighted by atomic mass is 16.2. The van der Waals surface area contributed by atoms with Gasteiger partial charge in [-0.25, -0.2) is 0 Å². The van der Waals surface area contributed by atoms with Crippen LogP contribution in [0.3, 0.4) is 0 Å². The molecule has 0 aromatic heterocycles. The normalized spacial score (nSPS) is 15.2. The van der Waals surface area contributed by atoms with E-state index >= 15 is 0 Å².